The van der Waals surface area contributed by atoms with Crippen LogP contribution in [0.4, 0.5) is 11.4 Å². The highest BCUT2D eigenvalue weighted by molar-refractivity contribution is 7.97. The maximum absolute atomic E-state index is 11.9. The van der Waals surface area contributed by atoms with E-state index in [0.717, 1.165) is 4.90 Å². The number of fused-ring (bicyclic) bond motifs is 1. The van der Waals surface area contributed by atoms with Gasteiger partial charge < -0.3 is 11.1 Å². The van der Waals surface area contributed by atoms with Crippen LogP contribution in [0.15, 0.2) is 40.1 Å². The maximum Gasteiger partial charge on any atom is 0.238 e. The molecule has 2 aromatic carbocycles. The minimum absolute atomic E-state index is 0.0746. The Bertz CT molecular complexity index is 980. The quantitative estimate of drug-likeness (QED) is 0.298. The highest BCUT2D eigenvalue weighted by atomic mass is 35.6. The van der Waals surface area contributed by atoms with Crippen molar-refractivity contribution >= 4 is 79.7 Å². The second kappa shape index (κ2) is 7.10. The summed E-state index contributed by atoms with van der Waals surface area (Å²) >= 11 is 25.3. The van der Waals surface area contributed by atoms with Crippen molar-refractivity contribution in [3.05, 3.63) is 35.4 Å². The predicted molar refractivity (Wildman–Crippen MR) is 109 cm³/mol. The summed E-state index contributed by atoms with van der Waals surface area (Å²) in [4.78, 5) is 0.659. The lowest BCUT2D eigenvalue weighted by atomic mass is 10.0. The molecule has 1 atom stereocenters. The highest BCUT2D eigenvalue weighted by Gasteiger charge is 2.36. The van der Waals surface area contributed by atoms with E-state index in [0.29, 0.717) is 22.5 Å². The molecule has 1 aliphatic rings. The summed E-state index contributed by atoms with van der Waals surface area (Å²) in [5.41, 5.74) is 7.60. The molecule has 1 aliphatic heterocycles. The fourth-order valence-electron chi connectivity index (χ4n) is 2.42. The van der Waals surface area contributed by atoms with Gasteiger partial charge in [0.25, 0.3) is 0 Å². The molecule has 0 spiro atoms. The fourth-order valence-corrected chi connectivity index (χ4v) is 4.82. The van der Waals surface area contributed by atoms with Crippen LogP contribution >= 0.6 is 58.4 Å². The average molecular weight is 474 g/mol. The van der Waals surface area contributed by atoms with Gasteiger partial charge in [-0.3, -0.25) is 0 Å². The first-order chi connectivity index (χ1) is 12.0. The van der Waals surface area contributed by atoms with Gasteiger partial charge in [0.05, 0.1) is 15.6 Å². The van der Waals surface area contributed by atoms with Gasteiger partial charge in [0.15, 0.2) is 0 Å². The molecule has 1 unspecified atom stereocenters. The van der Waals surface area contributed by atoms with E-state index in [4.69, 9.17) is 57.3 Å². The second-order valence-electron chi connectivity index (χ2n) is 5.47. The minimum Gasteiger partial charge on any atom is -0.399 e. The van der Waals surface area contributed by atoms with E-state index in [9.17, 15) is 8.42 Å². The number of nitrogens with one attached hydrogen (secondary N) is 2. The smallest absolute Gasteiger partial charge is 0.238 e. The normalized spacial score (nSPS) is 17.5. The van der Waals surface area contributed by atoms with Crippen molar-refractivity contribution in [2.75, 3.05) is 11.1 Å². The van der Waals surface area contributed by atoms with E-state index >= 15 is 0 Å². The molecule has 12 heteroatoms. The van der Waals surface area contributed by atoms with Gasteiger partial charge in [0.2, 0.25) is 13.8 Å². The number of benzene rings is 2. The molecular formula is C14H12Cl4N4O2S2. The number of nitrogens with two attached hydrogens (primary N) is 2. The first kappa shape index (κ1) is 20.2. The molecule has 6 N–H and O–H groups in total. The van der Waals surface area contributed by atoms with Gasteiger partial charge in [-0.2, -0.15) is 0 Å². The summed E-state index contributed by atoms with van der Waals surface area (Å²) in [6, 6.07) is 7.64. The van der Waals surface area contributed by atoms with Crippen molar-refractivity contribution < 1.29 is 8.42 Å². The van der Waals surface area contributed by atoms with Gasteiger partial charge >= 0.3 is 0 Å². The molecule has 0 aromatic heterocycles. The van der Waals surface area contributed by atoms with Gasteiger partial charge in [0, 0.05) is 21.7 Å². The summed E-state index contributed by atoms with van der Waals surface area (Å²) in [7, 11) is -3.97. The monoisotopic (exact) mass is 472 g/mol. The molecule has 26 heavy (non-hydrogen) atoms. The Balaban J connectivity index is 2.12. The summed E-state index contributed by atoms with van der Waals surface area (Å²) in [5, 5.41) is 8.64. The number of nitrogen functional groups attached to an aromatic ring is 1. The summed E-state index contributed by atoms with van der Waals surface area (Å²) in [6.45, 7) is 0. The number of sulfonamides is 1. The van der Waals surface area contributed by atoms with Gasteiger partial charge in [-0.15, -0.1) is 0 Å². The maximum atomic E-state index is 11.9. The summed E-state index contributed by atoms with van der Waals surface area (Å²) < 4.78 is 25.2. The Morgan fingerprint density at radius 1 is 1.12 bits per heavy atom. The van der Waals surface area contributed by atoms with Crippen LogP contribution < -0.4 is 20.9 Å². The molecule has 140 valence electrons. The molecule has 0 aliphatic carbocycles. The molecular weight excluding hydrogens is 462 g/mol. The molecule has 2 aromatic rings. The number of halogens is 4. The van der Waals surface area contributed by atoms with E-state index in [1.807, 2.05) is 0 Å². The Labute approximate surface area is 174 Å². The molecule has 6 nitrogen and oxygen atoms in total. The van der Waals surface area contributed by atoms with Crippen LogP contribution in [0.3, 0.4) is 0 Å². The largest absolute Gasteiger partial charge is 0.399 e. The van der Waals surface area contributed by atoms with Crippen LogP contribution in [0, 0.1) is 0 Å². The van der Waals surface area contributed by atoms with E-state index < -0.39 is 20.0 Å². The van der Waals surface area contributed by atoms with Crippen LogP contribution in [0.1, 0.15) is 0 Å². The van der Waals surface area contributed by atoms with Crippen molar-refractivity contribution in [2.24, 2.45) is 5.14 Å². The van der Waals surface area contributed by atoms with Gasteiger partial charge in [-0.1, -0.05) is 46.4 Å². The van der Waals surface area contributed by atoms with Crippen molar-refractivity contribution in [1.29, 1.82) is 0 Å². The highest BCUT2D eigenvalue weighted by Crippen LogP contribution is 2.43. The standard InChI is InChI=1S/C14H12Cl4N4O2S2/c15-9-5-10-11(25-22-13(21-10)14(16,17)18)4-7(9)8-3-6(19)1-2-12(8)26(20,23)24/h1-5,13,21-22H,19H2,(H2,20,23,24). The van der Waals surface area contributed by atoms with E-state index in [-0.39, 0.29) is 9.92 Å². The molecule has 3 rings (SSSR count). The fraction of sp³-hybridized carbons (Fsp3) is 0.143. The number of alkyl halides is 3. The number of hydrogen-bond donors (Lipinski definition) is 4. The van der Waals surface area contributed by atoms with Crippen LogP contribution in [0.5, 0.6) is 0 Å². The molecule has 0 saturated heterocycles. The Morgan fingerprint density at radius 2 is 1.81 bits per heavy atom. The van der Waals surface area contributed by atoms with Crippen LogP contribution in [0.25, 0.3) is 11.1 Å². The zero-order valence-corrected chi connectivity index (χ0v) is 17.4. The third-order valence-corrected chi connectivity index (χ3v) is 6.43. The van der Waals surface area contributed by atoms with E-state index in [1.54, 1.807) is 12.1 Å². The molecule has 0 radical (unpaired) electrons. The molecule has 0 saturated carbocycles. The average Bonchev–Trinajstić information content (AvgIpc) is 2.51. The zero-order valence-electron chi connectivity index (χ0n) is 12.8. The molecule has 0 amide bonds. The number of primary sulfonamides is 1. The Morgan fingerprint density at radius 3 is 2.42 bits per heavy atom. The first-order valence-corrected chi connectivity index (χ1v) is 10.9. The first-order valence-electron chi connectivity index (χ1n) is 6.98. The second-order valence-corrected chi connectivity index (χ2v) is 10.7. The van der Waals surface area contributed by atoms with Crippen molar-refractivity contribution in [1.82, 2.24) is 4.72 Å². The zero-order chi connectivity index (χ0) is 19.3. The third kappa shape index (κ3) is 4.13. The molecule has 0 bridgehead atoms. The van der Waals surface area contributed by atoms with Crippen molar-refractivity contribution in [3.63, 3.8) is 0 Å². The van der Waals surface area contributed by atoms with Gasteiger partial charge in [-0.25, -0.2) is 18.3 Å². The Hall–Kier alpha value is -0.580. The van der Waals surface area contributed by atoms with Gasteiger partial charge in [0.1, 0.15) is 6.17 Å². The van der Waals surface area contributed by atoms with E-state index in [1.165, 1.54) is 30.1 Å². The summed E-state index contributed by atoms with van der Waals surface area (Å²) in [6.07, 6.45) is -0.640. The van der Waals surface area contributed by atoms with Crippen LogP contribution in [-0.4, -0.2) is 18.4 Å². The lowest BCUT2D eigenvalue weighted by molar-refractivity contribution is 0.598. The summed E-state index contributed by atoms with van der Waals surface area (Å²) in [5.74, 6) is 0. The lowest BCUT2D eigenvalue weighted by Gasteiger charge is -2.32. The Kier molecular flexibility index (Phi) is 5.51. The van der Waals surface area contributed by atoms with Crippen LogP contribution in [-0.2, 0) is 10.0 Å². The van der Waals surface area contributed by atoms with E-state index in [2.05, 4.69) is 10.0 Å². The molecule has 0 fully saturated rings. The number of rotatable bonds is 2. The predicted octanol–water partition coefficient (Wildman–Crippen LogP) is 3.96. The number of anilines is 2. The van der Waals surface area contributed by atoms with Gasteiger partial charge in [-0.05, 0) is 42.3 Å². The third-order valence-electron chi connectivity index (χ3n) is 3.58. The topological polar surface area (TPSA) is 110 Å². The van der Waals surface area contributed by atoms with Crippen molar-refractivity contribution in [3.8, 4) is 11.1 Å². The minimum atomic E-state index is -3.97. The van der Waals surface area contributed by atoms with Crippen molar-refractivity contribution in [2.45, 2.75) is 19.7 Å². The SMILES string of the molecule is Nc1ccc(S(N)(=O)=O)c(-c2cc3c(cc2Cl)NC(C(Cl)(Cl)Cl)NS3)c1. The molecule has 1 heterocycles. The lowest BCUT2D eigenvalue weighted by Crippen LogP contribution is -2.45. The number of hydrogen-bond acceptors (Lipinski definition) is 6. The van der Waals surface area contributed by atoms with Crippen LogP contribution in [0.2, 0.25) is 5.02 Å².